The fourth-order valence-corrected chi connectivity index (χ4v) is 2.66. The first kappa shape index (κ1) is 17.4. The Hall–Kier alpha value is -3.42. The summed E-state index contributed by atoms with van der Waals surface area (Å²) < 4.78 is 7.83. The van der Waals surface area contributed by atoms with Gasteiger partial charge < -0.3 is 4.74 Å². The molecule has 0 aliphatic carbocycles. The van der Waals surface area contributed by atoms with E-state index in [9.17, 15) is 14.4 Å². The molecule has 0 radical (unpaired) electrons. The van der Waals surface area contributed by atoms with E-state index in [1.54, 1.807) is 35.9 Å². The summed E-state index contributed by atoms with van der Waals surface area (Å²) in [6.07, 6.45) is 1.19. The Morgan fingerprint density at radius 3 is 2.38 bits per heavy atom. The van der Waals surface area contributed by atoms with Gasteiger partial charge in [-0.3, -0.25) is 14.3 Å². The number of H-pyrrole nitrogens is 1. The number of aromatic nitrogens is 4. The van der Waals surface area contributed by atoms with Crippen molar-refractivity contribution in [1.29, 1.82) is 0 Å². The van der Waals surface area contributed by atoms with Gasteiger partial charge in [-0.25, -0.2) is 14.3 Å². The molecule has 0 aliphatic heterocycles. The summed E-state index contributed by atoms with van der Waals surface area (Å²) in [6, 6.07) is 8.99. The Morgan fingerprint density at radius 1 is 1.15 bits per heavy atom. The van der Waals surface area contributed by atoms with Gasteiger partial charge in [0.15, 0.2) is 0 Å². The largest absolute Gasteiger partial charge is 0.462 e. The quantitative estimate of drug-likeness (QED) is 0.716. The molecule has 1 N–H and O–H groups in total. The lowest BCUT2D eigenvalue weighted by molar-refractivity contribution is 0.0523. The average Bonchev–Trinajstić information content (AvgIpc) is 2.94. The van der Waals surface area contributed by atoms with Crippen molar-refractivity contribution < 1.29 is 9.53 Å². The first-order valence-electron chi connectivity index (χ1n) is 8.08. The third-order valence-electron chi connectivity index (χ3n) is 3.82. The Morgan fingerprint density at radius 2 is 1.81 bits per heavy atom. The smallest absolute Gasteiger partial charge is 0.345 e. The van der Waals surface area contributed by atoms with E-state index >= 15 is 0 Å². The summed E-state index contributed by atoms with van der Waals surface area (Å²) in [5, 5.41) is 4.41. The number of carbonyl (C=O) groups is 1. The molecule has 0 unspecified atom stereocenters. The van der Waals surface area contributed by atoms with Gasteiger partial charge in [-0.05, 0) is 51.1 Å². The molecular weight excluding hydrogens is 336 g/mol. The number of aromatic amines is 1. The Bertz CT molecular complexity index is 1070. The Kier molecular flexibility index (Phi) is 4.57. The van der Waals surface area contributed by atoms with Crippen LogP contribution in [0.1, 0.15) is 28.7 Å². The second-order valence-electron chi connectivity index (χ2n) is 5.75. The van der Waals surface area contributed by atoms with E-state index in [0.717, 1.165) is 17.1 Å². The number of ether oxygens (including phenoxy) is 1. The molecule has 0 amide bonds. The number of nitrogens with zero attached hydrogens (tertiary/aromatic N) is 3. The number of carbonyl (C=O) groups excluding carboxylic acids is 1. The lowest BCUT2D eigenvalue weighted by Crippen LogP contribution is -2.33. The van der Waals surface area contributed by atoms with Crippen LogP contribution in [0.25, 0.3) is 11.4 Å². The van der Waals surface area contributed by atoms with Crippen LogP contribution < -0.4 is 11.2 Å². The SMILES string of the molecule is CCOC(=O)c1cn(-c2ccc(-n3nc(C)cc3C)cc2)c(=O)[nH]c1=O. The molecule has 134 valence electrons. The highest BCUT2D eigenvalue weighted by molar-refractivity contribution is 5.88. The zero-order chi connectivity index (χ0) is 18.8. The molecule has 2 heterocycles. The van der Waals surface area contributed by atoms with E-state index in [1.165, 1.54) is 10.8 Å². The molecule has 8 heteroatoms. The lowest BCUT2D eigenvalue weighted by Gasteiger charge is -2.09. The van der Waals surface area contributed by atoms with Crippen LogP contribution in [-0.4, -0.2) is 31.9 Å². The van der Waals surface area contributed by atoms with Crippen LogP contribution in [-0.2, 0) is 4.74 Å². The molecule has 0 spiro atoms. The van der Waals surface area contributed by atoms with Crippen LogP contribution in [0.2, 0.25) is 0 Å². The second-order valence-corrected chi connectivity index (χ2v) is 5.75. The highest BCUT2D eigenvalue weighted by atomic mass is 16.5. The number of hydrogen-bond acceptors (Lipinski definition) is 5. The van der Waals surface area contributed by atoms with E-state index in [1.807, 2.05) is 19.9 Å². The topological polar surface area (TPSA) is 99.0 Å². The molecule has 0 aliphatic rings. The molecule has 0 bridgehead atoms. The van der Waals surface area contributed by atoms with Crippen LogP contribution >= 0.6 is 0 Å². The zero-order valence-corrected chi connectivity index (χ0v) is 14.6. The van der Waals surface area contributed by atoms with E-state index in [0.29, 0.717) is 5.69 Å². The van der Waals surface area contributed by atoms with Crippen molar-refractivity contribution in [3.05, 3.63) is 74.3 Å². The van der Waals surface area contributed by atoms with Crippen LogP contribution in [0.5, 0.6) is 0 Å². The van der Waals surface area contributed by atoms with Crippen molar-refractivity contribution in [2.45, 2.75) is 20.8 Å². The molecule has 8 nitrogen and oxygen atoms in total. The van der Waals surface area contributed by atoms with E-state index in [4.69, 9.17) is 4.74 Å². The highest BCUT2D eigenvalue weighted by Gasteiger charge is 2.15. The average molecular weight is 354 g/mol. The first-order chi connectivity index (χ1) is 12.4. The lowest BCUT2D eigenvalue weighted by atomic mass is 10.2. The molecule has 0 saturated heterocycles. The summed E-state index contributed by atoms with van der Waals surface area (Å²) in [7, 11) is 0. The molecule has 0 saturated carbocycles. The predicted octanol–water partition coefficient (Wildman–Crippen LogP) is 1.51. The van der Waals surface area contributed by atoms with Gasteiger partial charge in [0.25, 0.3) is 5.56 Å². The standard InChI is InChI=1S/C18H18N4O4/c1-4-26-17(24)15-10-21(18(25)19-16(15)23)13-5-7-14(8-6-13)22-12(3)9-11(2)20-22/h5-10H,4H2,1-3H3,(H,19,23,25). The van der Waals surface area contributed by atoms with Gasteiger partial charge >= 0.3 is 11.7 Å². The molecule has 2 aromatic heterocycles. The van der Waals surface area contributed by atoms with Crippen molar-refractivity contribution in [2.75, 3.05) is 6.61 Å². The number of esters is 1. The highest BCUT2D eigenvalue weighted by Crippen LogP contribution is 2.14. The third kappa shape index (κ3) is 3.21. The number of hydrogen-bond donors (Lipinski definition) is 1. The maximum atomic E-state index is 12.1. The summed E-state index contributed by atoms with van der Waals surface area (Å²) >= 11 is 0. The van der Waals surface area contributed by atoms with Gasteiger partial charge in [0.1, 0.15) is 5.56 Å². The van der Waals surface area contributed by atoms with Crippen molar-refractivity contribution in [2.24, 2.45) is 0 Å². The van der Waals surface area contributed by atoms with Gasteiger partial charge in [0.05, 0.1) is 23.7 Å². The summed E-state index contributed by atoms with van der Waals surface area (Å²) in [5.74, 6) is -0.776. The maximum Gasteiger partial charge on any atom is 0.345 e. The predicted molar refractivity (Wildman–Crippen MR) is 95.2 cm³/mol. The molecule has 1 aromatic carbocycles. The van der Waals surface area contributed by atoms with Crippen LogP contribution in [0, 0.1) is 13.8 Å². The number of benzene rings is 1. The minimum absolute atomic E-state index is 0.134. The summed E-state index contributed by atoms with van der Waals surface area (Å²) in [5.41, 5.74) is 1.59. The van der Waals surface area contributed by atoms with Gasteiger partial charge in [-0.2, -0.15) is 5.10 Å². The van der Waals surface area contributed by atoms with E-state index in [-0.39, 0.29) is 12.2 Å². The van der Waals surface area contributed by atoms with Crippen LogP contribution in [0.4, 0.5) is 0 Å². The molecule has 26 heavy (non-hydrogen) atoms. The van der Waals surface area contributed by atoms with Gasteiger partial charge in [-0.1, -0.05) is 0 Å². The monoisotopic (exact) mass is 354 g/mol. The fraction of sp³-hybridized carbons (Fsp3) is 0.222. The number of aryl methyl sites for hydroxylation is 2. The van der Waals surface area contributed by atoms with E-state index in [2.05, 4.69) is 10.1 Å². The molecule has 0 fully saturated rings. The van der Waals surface area contributed by atoms with Crippen molar-refractivity contribution >= 4 is 5.97 Å². The zero-order valence-electron chi connectivity index (χ0n) is 14.6. The minimum atomic E-state index is -0.776. The molecule has 0 atom stereocenters. The van der Waals surface area contributed by atoms with Gasteiger partial charge in [-0.15, -0.1) is 0 Å². The normalized spacial score (nSPS) is 10.7. The molecular formula is C18H18N4O4. The Labute approximate surface area is 148 Å². The second kappa shape index (κ2) is 6.83. The molecule has 3 rings (SSSR count). The number of rotatable bonds is 4. The first-order valence-corrected chi connectivity index (χ1v) is 8.08. The number of nitrogens with one attached hydrogen (secondary N) is 1. The van der Waals surface area contributed by atoms with Crippen LogP contribution in [0.15, 0.2) is 46.1 Å². The van der Waals surface area contributed by atoms with Crippen molar-refractivity contribution in [1.82, 2.24) is 19.3 Å². The minimum Gasteiger partial charge on any atom is -0.462 e. The Balaban J connectivity index is 2.03. The van der Waals surface area contributed by atoms with Gasteiger partial charge in [0, 0.05) is 11.9 Å². The van der Waals surface area contributed by atoms with Crippen LogP contribution in [0.3, 0.4) is 0 Å². The molecule has 3 aromatic rings. The summed E-state index contributed by atoms with van der Waals surface area (Å²) in [4.78, 5) is 38.0. The van der Waals surface area contributed by atoms with Crippen molar-refractivity contribution in [3.63, 3.8) is 0 Å². The van der Waals surface area contributed by atoms with Gasteiger partial charge in [0.2, 0.25) is 0 Å². The van der Waals surface area contributed by atoms with E-state index < -0.39 is 17.2 Å². The third-order valence-corrected chi connectivity index (χ3v) is 3.82. The fourth-order valence-electron chi connectivity index (χ4n) is 2.66. The maximum absolute atomic E-state index is 12.1. The van der Waals surface area contributed by atoms with Crippen molar-refractivity contribution in [3.8, 4) is 11.4 Å². The summed E-state index contributed by atoms with van der Waals surface area (Å²) in [6.45, 7) is 5.63.